The molecule has 4 aromatic rings. The molecule has 0 radical (unpaired) electrons. The highest BCUT2D eigenvalue weighted by atomic mass is 19.4. The molecule has 3 aromatic heterocycles. The Morgan fingerprint density at radius 1 is 0.967 bits per heavy atom. The molecule has 1 fully saturated rings. The molecule has 0 saturated carbocycles. The fraction of sp³-hybridized carbons (Fsp3) is 0.263. The van der Waals surface area contributed by atoms with E-state index in [1.165, 1.54) is 6.20 Å². The zero-order chi connectivity index (χ0) is 20.7. The molecule has 0 bridgehead atoms. The highest BCUT2D eigenvalue weighted by Crippen LogP contribution is 2.29. The summed E-state index contributed by atoms with van der Waals surface area (Å²) in [5.74, 6) is 0.746. The van der Waals surface area contributed by atoms with Crippen LogP contribution in [0.3, 0.4) is 0 Å². The van der Waals surface area contributed by atoms with Crippen LogP contribution in [0, 0.1) is 0 Å². The van der Waals surface area contributed by atoms with Gasteiger partial charge < -0.3 is 14.6 Å². The summed E-state index contributed by atoms with van der Waals surface area (Å²) in [4.78, 5) is 18.5. The van der Waals surface area contributed by atoms with Crippen LogP contribution in [0.25, 0.3) is 28.2 Å². The number of nitrogens with zero attached hydrogens (tertiary/aromatic N) is 6. The van der Waals surface area contributed by atoms with Crippen molar-refractivity contribution in [2.45, 2.75) is 6.18 Å². The van der Waals surface area contributed by atoms with E-state index in [1.807, 2.05) is 35.4 Å². The van der Waals surface area contributed by atoms with Crippen molar-refractivity contribution in [2.75, 3.05) is 31.2 Å². The van der Waals surface area contributed by atoms with Crippen LogP contribution in [0.1, 0.15) is 5.69 Å². The molecule has 30 heavy (non-hydrogen) atoms. The number of H-pyrrole nitrogens is 1. The van der Waals surface area contributed by atoms with Gasteiger partial charge in [-0.15, -0.1) is 0 Å². The minimum atomic E-state index is -4.55. The van der Waals surface area contributed by atoms with Gasteiger partial charge in [-0.25, -0.2) is 4.68 Å². The van der Waals surface area contributed by atoms with Crippen LogP contribution < -0.4 is 4.90 Å². The molecule has 4 heterocycles. The molecule has 0 atom stereocenters. The van der Waals surface area contributed by atoms with Gasteiger partial charge in [0.25, 0.3) is 5.95 Å². The van der Waals surface area contributed by atoms with E-state index >= 15 is 0 Å². The van der Waals surface area contributed by atoms with E-state index in [-0.39, 0.29) is 5.95 Å². The van der Waals surface area contributed by atoms with Gasteiger partial charge in [0.05, 0.1) is 13.2 Å². The second-order valence-electron chi connectivity index (χ2n) is 6.75. The molecule has 1 N–H and O–H groups in total. The maximum Gasteiger partial charge on any atom is 0.435 e. The number of aromatic nitrogens is 6. The predicted octanol–water partition coefficient (Wildman–Crippen LogP) is 3.06. The predicted molar refractivity (Wildman–Crippen MR) is 102 cm³/mol. The number of anilines is 1. The Kier molecular flexibility index (Phi) is 4.39. The molecule has 1 saturated heterocycles. The van der Waals surface area contributed by atoms with Crippen LogP contribution >= 0.6 is 0 Å². The van der Waals surface area contributed by atoms with Crippen LogP contribution in [0.4, 0.5) is 19.1 Å². The fourth-order valence-electron chi connectivity index (χ4n) is 3.35. The van der Waals surface area contributed by atoms with Gasteiger partial charge in [-0.2, -0.15) is 33.2 Å². The average molecular weight is 415 g/mol. The second-order valence-corrected chi connectivity index (χ2v) is 6.75. The van der Waals surface area contributed by atoms with E-state index in [0.717, 1.165) is 27.2 Å². The van der Waals surface area contributed by atoms with E-state index in [4.69, 9.17) is 4.74 Å². The zero-order valence-electron chi connectivity index (χ0n) is 15.6. The molecular formula is C19H16F3N7O. The third kappa shape index (κ3) is 3.36. The smallest absolute Gasteiger partial charge is 0.378 e. The Balaban J connectivity index is 1.66. The van der Waals surface area contributed by atoms with E-state index in [9.17, 15) is 13.2 Å². The molecule has 0 spiro atoms. The Bertz CT molecular complexity index is 1190. The lowest BCUT2D eigenvalue weighted by atomic mass is 10.1. The molecule has 8 nitrogen and oxygen atoms in total. The Labute approximate surface area is 168 Å². The third-order valence-electron chi connectivity index (χ3n) is 4.83. The highest BCUT2D eigenvalue weighted by molar-refractivity contribution is 5.93. The van der Waals surface area contributed by atoms with Crippen molar-refractivity contribution in [3.8, 4) is 17.3 Å². The maximum atomic E-state index is 13.0. The van der Waals surface area contributed by atoms with Crippen molar-refractivity contribution in [2.24, 2.45) is 0 Å². The third-order valence-corrected chi connectivity index (χ3v) is 4.83. The number of ether oxygens (including phenoxy) is 1. The minimum absolute atomic E-state index is 0.0181. The van der Waals surface area contributed by atoms with Gasteiger partial charge >= 0.3 is 6.18 Å². The molecular weight excluding hydrogens is 399 g/mol. The number of rotatable bonds is 3. The van der Waals surface area contributed by atoms with Gasteiger partial charge in [0.1, 0.15) is 0 Å². The van der Waals surface area contributed by atoms with Crippen molar-refractivity contribution in [1.82, 2.24) is 29.7 Å². The number of halogens is 3. The molecule has 1 aliphatic rings. The first-order valence-electron chi connectivity index (χ1n) is 9.27. The van der Waals surface area contributed by atoms with Crippen LogP contribution in [0.2, 0.25) is 0 Å². The summed E-state index contributed by atoms with van der Waals surface area (Å²) in [5, 5.41) is 4.52. The molecule has 0 amide bonds. The Morgan fingerprint density at radius 2 is 1.77 bits per heavy atom. The summed E-state index contributed by atoms with van der Waals surface area (Å²) >= 11 is 0. The lowest BCUT2D eigenvalue weighted by Crippen LogP contribution is -2.37. The first-order valence-corrected chi connectivity index (χ1v) is 9.27. The maximum absolute atomic E-state index is 13.0. The van der Waals surface area contributed by atoms with Crippen LogP contribution in [-0.2, 0) is 10.9 Å². The van der Waals surface area contributed by atoms with Crippen molar-refractivity contribution in [3.05, 3.63) is 48.4 Å². The van der Waals surface area contributed by atoms with Gasteiger partial charge in [0.15, 0.2) is 11.5 Å². The number of alkyl halides is 3. The number of hydrogen-bond acceptors (Lipinski definition) is 6. The van der Waals surface area contributed by atoms with Crippen molar-refractivity contribution >= 4 is 16.9 Å². The summed E-state index contributed by atoms with van der Waals surface area (Å²) in [6.07, 6.45) is -1.55. The summed E-state index contributed by atoms with van der Waals surface area (Å²) in [6, 6.07) is 8.44. The fourth-order valence-corrected chi connectivity index (χ4v) is 3.35. The lowest BCUT2D eigenvalue weighted by Gasteiger charge is -2.27. The van der Waals surface area contributed by atoms with Crippen LogP contribution in [-0.4, -0.2) is 56.0 Å². The van der Waals surface area contributed by atoms with E-state index in [0.29, 0.717) is 38.1 Å². The van der Waals surface area contributed by atoms with Gasteiger partial charge in [-0.1, -0.05) is 12.1 Å². The van der Waals surface area contributed by atoms with E-state index in [2.05, 4.69) is 25.0 Å². The van der Waals surface area contributed by atoms with Crippen molar-refractivity contribution in [1.29, 1.82) is 0 Å². The molecule has 154 valence electrons. The number of benzene rings is 1. The average Bonchev–Trinajstić information content (AvgIpc) is 3.43. The van der Waals surface area contributed by atoms with Crippen molar-refractivity contribution in [3.63, 3.8) is 0 Å². The second kappa shape index (κ2) is 7.10. The first kappa shape index (κ1) is 18.6. The topological polar surface area (TPSA) is 84.8 Å². The zero-order valence-corrected chi connectivity index (χ0v) is 15.6. The standard InChI is InChI=1S/C19H16F3N7O/c20-19(21,22)15-5-7-29(27-15)18-25-16(13-2-1-3-14-12(13)4-6-23-14)24-17(26-18)28-8-10-30-11-9-28/h1-7,23H,8-11H2. The molecule has 1 aliphatic heterocycles. The normalized spacial score (nSPS) is 15.1. The highest BCUT2D eigenvalue weighted by Gasteiger charge is 2.34. The molecule has 1 aromatic carbocycles. The number of hydrogen-bond donors (Lipinski definition) is 1. The number of fused-ring (bicyclic) bond motifs is 1. The summed E-state index contributed by atoms with van der Waals surface area (Å²) in [6.45, 7) is 2.18. The van der Waals surface area contributed by atoms with Crippen LogP contribution in [0.15, 0.2) is 42.7 Å². The quantitative estimate of drug-likeness (QED) is 0.554. The van der Waals surface area contributed by atoms with Gasteiger partial charge in [0.2, 0.25) is 5.95 Å². The lowest BCUT2D eigenvalue weighted by molar-refractivity contribution is -0.141. The Hall–Kier alpha value is -3.47. The van der Waals surface area contributed by atoms with Crippen LogP contribution in [0.5, 0.6) is 0 Å². The monoisotopic (exact) mass is 415 g/mol. The summed E-state index contributed by atoms with van der Waals surface area (Å²) in [5.41, 5.74) is 0.640. The van der Waals surface area contributed by atoms with Crippen molar-refractivity contribution < 1.29 is 17.9 Å². The van der Waals surface area contributed by atoms with E-state index < -0.39 is 11.9 Å². The molecule has 0 unspecified atom stereocenters. The first-order chi connectivity index (χ1) is 14.5. The Morgan fingerprint density at radius 3 is 2.53 bits per heavy atom. The summed E-state index contributed by atoms with van der Waals surface area (Å²) < 4.78 is 45.4. The van der Waals surface area contributed by atoms with Gasteiger partial charge in [-0.05, 0) is 18.2 Å². The molecule has 5 rings (SSSR count). The summed E-state index contributed by atoms with van der Waals surface area (Å²) in [7, 11) is 0. The number of nitrogens with one attached hydrogen (secondary N) is 1. The minimum Gasteiger partial charge on any atom is -0.378 e. The number of morpholine rings is 1. The number of aromatic amines is 1. The molecule has 0 aliphatic carbocycles. The largest absolute Gasteiger partial charge is 0.435 e. The SMILES string of the molecule is FC(F)(F)c1ccn(-c2nc(-c3cccc4[nH]ccc34)nc(N3CCOCC3)n2)n1. The van der Waals surface area contributed by atoms with E-state index in [1.54, 1.807) is 0 Å². The van der Waals surface area contributed by atoms with Gasteiger partial charge in [0, 0.05) is 41.9 Å². The molecule has 11 heteroatoms. The van der Waals surface area contributed by atoms with Gasteiger partial charge in [-0.3, -0.25) is 0 Å².